The summed E-state index contributed by atoms with van der Waals surface area (Å²) >= 11 is 3.48. The van der Waals surface area contributed by atoms with Gasteiger partial charge in [0.1, 0.15) is 0 Å². The highest BCUT2D eigenvalue weighted by molar-refractivity contribution is 9.09. The summed E-state index contributed by atoms with van der Waals surface area (Å²) in [5, 5.41) is 2.70. The molecule has 0 spiro atoms. The summed E-state index contributed by atoms with van der Waals surface area (Å²) in [6, 6.07) is 21.0. The van der Waals surface area contributed by atoms with Crippen LogP contribution < -0.4 is 10.4 Å². The van der Waals surface area contributed by atoms with E-state index in [4.69, 9.17) is 4.43 Å². The maximum absolute atomic E-state index is 6.08. The lowest BCUT2D eigenvalue weighted by atomic mass is 10.4. The summed E-state index contributed by atoms with van der Waals surface area (Å²) in [5.41, 5.74) is 0. The molecule has 1 unspecified atom stereocenters. The molecule has 17 heavy (non-hydrogen) atoms. The Balaban J connectivity index is 2.32. The van der Waals surface area contributed by atoms with Gasteiger partial charge < -0.3 is 4.43 Å². The van der Waals surface area contributed by atoms with Gasteiger partial charge >= 0.3 is 0 Å². The third-order valence-electron chi connectivity index (χ3n) is 2.53. The maximum Gasteiger partial charge on any atom is 0.241 e. The first kappa shape index (κ1) is 12.6. The Morgan fingerprint density at radius 3 is 1.65 bits per heavy atom. The number of benzene rings is 2. The van der Waals surface area contributed by atoms with E-state index in [-0.39, 0.29) is 5.01 Å². The van der Waals surface area contributed by atoms with Crippen LogP contribution in [0.25, 0.3) is 0 Å². The van der Waals surface area contributed by atoms with Gasteiger partial charge in [0.2, 0.25) is 9.04 Å². The molecular formula is C14H15BrOSi. The number of rotatable bonds is 4. The molecule has 0 saturated heterocycles. The third kappa shape index (κ3) is 3.53. The highest BCUT2D eigenvalue weighted by Crippen LogP contribution is 2.03. The van der Waals surface area contributed by atoms with E-state index in [9.17, 15) is 0 Å². The van der Waals surface area contributed by atoms with Crippen molar-refractivity contribution in [3.8, 4) is 0 Å². The summed E-state index contributed by atoms with van der Waals surface area (Å²) in [6.45, 7) is 2.02. The molecule has 0 N–H and O–H groups in total. The van der Waals surface area contributed by atoms with E-state index in [1.807, 2.05) is 19.1 Å². The zero-order chi connectivity index (χ0) is 12.1. The van der Waals surface area contributed by atoms with E-state index >= 15 is 0 Å². The van der Waals surface area contributed by atoms with Crippen LogP contribution in [0.4, 0.5) is 0 Å². The molecule has 0 fully saturated rings. The van der Waals surface area contributed by atoms with E-state index in [2.05, 4.69) is 64.5 Å². The Morgan fingerprint density at radius 1 is 0.882 bits per heavy atom. The first-order chi connectivity index (χ1) is 8.27. The smallest absolute Gasteiger partial charge is 0.241 e. The van der Waals surface area contributed by atoms with Crippen LogP contribution in [0.15, 0.2) is 60.7 Å². The van der Waals surface area contributed by atoms with E-state index in [1.165, 1.54) is 10.4 Å². The largest absolute Gasteiger partial charge is 0.399 e. The summed E-state index contributed by atoms with van der Waals surface area (Å²) in [5.74, 6) is 0. The first-order valence-electron chi connectivity index (χ1n) is 5.67. The number of halogens is 1. The fourth-order valence-electron chi connectivity index (χ4n) is 1.79. The minimum Gasteiger partial charge on any atom is -0.399 e. The Kier molecular flexibility index (Phi) is 4.54. The molecule has 88 valence electrons. The van der Waals surface area contributed by atoms with Gasteiger partial charge in [0, 0.05) is 0 Å². The molecule has 0 saturated carbocycles. The van der Waals surface area contributed by atoms with Crippen molar-refractivity contribution in [1.82, 2.24) is 0 Å². The van der Waals surface area contributed by atoms with Crippen LogP contribution in [0.2, 0.25) is 0 Å². The second-order valence-electron chi connectivity index (χ2n) is 3.88. The zero-order valence-corrected chi connectivity index (χ0v) is 12.5. The number of alkyl halides is 1. The standard InChI is InChI=1S/C14H15BrOSi/c1-12(15)16-17(13-8-4-2-5-9-13)14-10-6-3-7-11-14/h2-12,17H,1H3. The molecule has 0 aliphatic rings. The monoisotopic (exact) mass is 306 g/mol. The molecule has 0 aliphatic heterocycles. The normalized spacial score (nSPS) is 12.6. The molecule has 0 heterocycles. The van der Waals surface area contributed by atoms with Crippen LogP contribution in [0.5, 0.6) is 0 Å². The summed E-state index contributed by atoms with van der Waals surface area (Å²) in [6.07, 6.45) is 0. The first-order valence-corrected chi connectivity index (χ1v) is 8.21. The van der Waals surface area contributed by atoms with Gasteiger partial charge in [-0.15, -0.1) is 0 Å². The lowest BCUT2D eigenvalue weighted by molar-refractivity contribution is 0.330. The van der Waals surface area contributed by atoms with E-state index in [0.29, 0.717) is 0 Å². The van der Waals surface area contributed by atoms with Crippen molar-refractivity contribution in [3.63, 3.8) is 0 Å². The van der Waals surface area contributed by atoms with Gasteiger partial charge in [-0.1, -0.05) is 76.6 Å². The van der Waals surface area contributed by atoms with Crippen molar-refractivity contribution in [3.05, 3.63) is 60.7 Å². The van der Waals surface area contributed by atoms with Gasteiger partial charge in [-0.3, -0.25) is 0 Å². The van der Waals surface area contributed by atoms with Gasteiger partial charge in [-0.05, 0) is 17.3 Å². The van der Waals surface area contributed by atoms with Crippen molar-refractivity contribution < 1.29 is 4.43 Å². The molecule has 0 radical (unpaired) electrons. The average molecular weight is 307 g/mol. The number of hydrogen-bond acceptors (Lipinski definition) is 1. The van der Waals surface area contributed by atoms with E-state index in [0.717, 1.165) is 0 Å². The molecule has 0 aromatic heterocycles. The topological polar surface area (TPSA) is 9.23 Å². The Hall–Kier alpha value is -0.903. The zero-order valence-electron chi connectivity index (χ0n) is 9.71. The Labute approximate surface area is 112 Å². The third-order valence-corrected chi connectivity index (χ3v) is 5.80. The number of hydrogen-bond donors (Lipinski definition) is 0. The summed E-state index contributed by atoms with van der Waals surface area (Å²) < 4.78 is 6.08. The summed E-state index contributed by atoms with van der Waals surface area (Å²) in [4.78, 5) is 0. The fourth-order valence-corrected chi connectivity index (χ4v) is 4.66. The van der Waals surface area contributed by atoms with Crippen LogP contribution in [0.3, 0.4) is 0 Å². The van der Waals surface area contributed by atoms with Crippen LogP contribution in [-0.2, 0) is 4.43 Å². The molecule has 2 aromatic carbocycles. The second kappa shape index (κ2) is 6.14. The Bertz CT molecular complexity index is 405. The van der Waals surface area contributed by atoms with Crippen molar-refractivity contribution in [2.75, 3.05) is 0 Å². The molecule has 0 aliphatic carbocycles. The highest BCUT2D eigenvalue weighted by Gasteiger charge is 2.18. The molecular weight excluding hydrogens is 292 g/mol. The van der Waals surface area contributed by atoms with Crippen LogP contribution in [0, 0.1) is 0 Å². The van der Waals surface area contributed by atoms with Gasteiger partial charge in [-0.2, -0.15) is 0 Å². The lowest BCUT2D eigenvalue weighted by Crippen LogP contribution is -2.45. The van der Waals surface area contributed by atoms with Gasteiger partial charge in [0.15, 0.2) is 0 Å². The minimum absolute atomic E-state index is 0.0829. The molecule has 1 nitrogen and oxygen atoms in total. The van der Waals surface area contributed by atoms with Crippen molar-refractivity contribution in [2.45, 2.75) is 11.9 Å². The van der Waals surface area contributed by atoms with Crippen LogP contribution >= 0.6 is 15.9 Å². The summed E-state index contributed by atoms with van der Waals surface area (Å²) in [7, 11) is -1.56. The van der Waals surface area contributed by atoms with Crippen LogP contribution in [0.1, 0.15) is 6.92 Å². The molecule has 2 aromatic rings. The lowest BCUT2D eigenvalue weighted by Gasteiger charge is -2.18. The molecule has 0 amide bonds. The predicted molar refractivity (Wildman–Crippen MR) is 78.8 cm³/mol. The van der Waals surface area contributed by atoms with Crippen molar-refractivity contribution >= 4 is 35.3 Å². The quantitative estimate of drug-likeness (QED) is 0.622. The molecule has 1 atom stereocenters. The maximum atomic E-state index is 6.08. The fraction of sp³-hybridized carbons (Fsp3) is 0.143. The van der Waals surface area contributed by atoms with E-state index < -0.39 is 9.04 Å². The SMILES string of the molecule is CC(Br)O[SiH](c1ccccc1)c1ccccc1. The highest BCUT2D eigenvalue weighted by atomic mass is 79.9. The molecule has 0 bridgehead atoms. The van der Waals surface area contributed by atoms with Crippen LogP contribution in [-0.4, -0.2) is 14.1 Å². The average Bonchev–Trinajstić information content (AvgIpc) is 2.38. The predicted octanol–water partition coefficient (Wildman–Crippen LogP) is 2.28. The molecule has 2 rings (SSSR count). The van der Waals surface area contributed by atoms with Crippen molar-refractivity contribution in [1.29, 1.82) is 0 Å². The van der Waals surface area contributed by atoms with Gasteiger partial charge in [-0.25, -0.2) is 0 Å². The van der Waals surface area contributed by atoms with Gasteiger partial charge in [0.25, 0.3) is 0 Å². The van der Waals surface area contributed by atoms with Crippen molar-refractivity contribution in [2.24, 2.45) is 0 Å². The second-order valence-corrected chi connectivity index (χ2v) is 7.54. The minimum atomic E-state index is -1.56. The van der Waals surface area contributed by atoms with Gasteiger partial charge in [0.05, 0.1) is 5.01 Å². The molecule has 3 heteroatoms. The Morgan fingerprint density at radius 2 is 1.29 bits per heavy atom. The van der Waals surface area contributed by atoms with E-state index in [1.54, 1.807) is 0 Å².